The fourth-order valence-corrected chi connectivity index (χ4v) is 12.3. The molecular weight excluding hydrogens is 533 g/mol. The summed E-state index contributed by atoms with van der Waals surface area (Å²) < 4.78 is 24.7. The molecule has 0 saturated carbocycles. The molecule has 3 atom stereocenters. The highest BCUT2D eigenvalue weighted by Crippen LogP contribution is 2.42. The van der Waals surface area contributed by atoms with Crippen LogP contribution >= 0.6 is 0 Å². The molecule has 7 heteroatoms. The summed E-state index contributed by atoms with van der Waals surface area (Å²) in [6.07, 6.45) is 2.23. The molecule has 0 aliphatic carbocycles. The second-order valence-corrected chi connectivity index (χ2v) is 24.6. The number of hydrogen-bond donors (Lipinski definition) is 1. The third-order valence-corrected chi connectivity index (χ3v) is 20.1. The molecule has 0 amide bonds. The van der Waals surface area contributed by atoms with E-state index in [4.69, 9.17) is 18.3 Å². The van der Waals surface area contributed by atoms with Gasteiger partial charge in [-0.1, -0.05) is 81.4 Å². The van der Waals surface area contributed by atoms with E-state index in [-0.39, 0.29) is 11.0 Å². The Morgan fingerprint density at radius 3 is 1.75 bits per heavy atom. The van der Waals surface area contributed by atoms with Crippen molar-refractivity contribution in [2.75, 3.05) is 26.9 Å². The zero-order chi connectivity index (χ0) is 30.7. The van der Waals surface area contributed by atoms with Crippen LogP contribution in [0.2, 0.25) is 34.8 Å². The summed E-state index contributed by atoms with van der Waals surface area (Å²) in [7, 11) is -2.05. The van der Waals surface area contributed by atoms with Crippen molar-refractivity contribution >= 4 is 16.6 Å². The second-order valence-electron chi connectivity index (χ2n) is 14.4. The number of benzene rings is 1. The standard InChI is InChI=1S/C33H64O5Si2/c1-25(2)40(26(3)4,27(5)6)38-21-19-29(18-20-37-39(12,13)33(8,9)10)22-32(34)28(7)23-36-24-30-14-16-31(35-11)17-15-30/h14-17,25-29,32,34H,18-24H2,1-13H3/t28-,29+,32-/m1/s1. The molecule has 1 rings (SSSR count). The Labute approximate surface area is 250 Å². The quantitative estimate of drug-likeness (QED) is 0.161. The molecule has 0 fully saturated rings. The minimum absolute atomic E-state index is 0.0541. The highest BCUT2D eigenvalue weighted by atomic mass is 28.4. The molecule has 1 aromatic rings. The van der Waals surface area contributed by atoms with Crippen LogP contribution in [0.1, 0.15) is 94.1 Å². The highest BCUT2D eigenvalue weighted by Gasteiger charge is 2.45. The van der Waals surface area contributed by atoms with Crippen molar-refractivity contribution in [3.05, 3.63) is 29.8 Å². The maximum absolute atomic E-state index is 11.2. The van der Waals surface area contributed by atoms with Crippen molar-refractivity contribution in [3.63, 3.8) is 0 Å². The molecule has 234 valence electrons. The number of methoxy groups -OCH3 is 1. The Morgan fingerprint density at radius 2 is 1.30 bits per heavy atom. The van der Waals surface area contributed by atoms with E-state index < -0.39 is 22.7 Å². The normalized spacial score (nSPS) is 15.6. The predicted octanol–water partition coefficient (Wildman–Crippen LogP) is 9.21. The summed E-state index contributed by atoms with van der Waals surface area (Å²) in [5.74, 6) is 1.25. The van der Waals surface area contributed by atoms with Crippen LogP contribution < -0.4 is 4.74 Å². The lowest BCUT2D eigenvalue weighted by molar-refractivity contribution is 0.0145. The van der Waals surface area contributed by atoms with E-state index in [9.17, 15) is 5.11 Å². The molecule has 0 radical (unpaired) electrons. The van der Waals surface area contributed by atoms with Gasteiger partial charge >= 0.3 is 0 Å². The Balaban J connectivity index is 2.81. The van der Waals surface area contributed by atoms with Crippen molar-refractivity contribution in [3.8, 4) is 5.75 Å². The lowest BCUT2D eigenvalue weighted by Crippen LogP contribution is -2.48. The fourth-order valence-electron chi connectivity index (χ4n) is 5.75. The average molecular weight is 597 g/mol. The van der Waals surface area contributed by atoms with Gasteiger partial charge in [0.25, 0.3) is 0 Å². The largest absolute Gasteiger partial charge is 0.497 e. The first kappa shape index (κ1) is 37.3. The summed E-state index contributed by atoms with van der Waals surface area (Å²) in [4.78, 5) is 0. The number of hydrogen-bond acceptors (Lipinski definition) is 5. The number of ether oxygens (including phenoxy) is 2. The van der Waals surface area contributed by atoms with Gasteiger partial charge in [0.1, 0.15) is 5.75 Å². The van der Waals surface area contributed by atoms with Crippen LogP contribution in [-0.4, -0.2) is 54.8 Å². The first-order valence-corrected chi connectivity index (χ1v) is 20.7. The lowest BCUT2D eigenvalue weighted by atomic mass is 9.90. The molecule has 0 spiro atoms. The van der Waals surface area contributed by atoms with Crippen LogP contribution in [0.4, 0.5) is 0 Å². The van der Waals surface area contributed by atoms with Crippen LogP contribution in [-0.2, 0) is 20.2 Å². The van der Waals surface area contributed by atoms with Crippen LogP contribution in [0.15, 0.2) is 24.3 Å². The predicted molar refractivity (Wildman–Crippen MR) is 175 cm³/mol. The maximum atomic E-state index is 11.2. The molecule has 0 heterocycles. The van der Waals surface area contributed by atoms with Crippen molar-refractivity contribution in [1.29, 1.82) is 0 Å². The average Bonchev–Trinajstić information content (AvgIpc) is 2.85. The number of aliphatic hydroxyl groups is 1. The molecule has 0 aliphatic heterocycles. The van der Waals surface area contributed by atoms with Gasteiger partial charge in [-0.05, 0) is 77.6 Å². The van der Waals surface area contributed by atoms with Gasteiger partial charge in [-0.15, -0.1) is 0 Å². The molecule has 0 aromatic heterocycles. The van der Waals surface area contributed by atoms with Gasteiger partial charge in [-0.3, -0.25) is 0 Å². The van der Waals surface area contributed by atoms with E-state index in [1.165, 1.54) is 0 Å². The van der Waals surface area contributed by atoms with Crippen LogP contribution in [0.25, 0.3) is 0 Å². The molecule has 0 aliphatic rings. The minimum Gasteiger partial charge on any atom is -0.497 e. The second kappa shape index (κ2) is 16.8. The highest BCUT2D eigenvalue weighted by molar-refractivity contribution is 6.77. The van der Waals surface area contributed by atoms with E-state index in [0.717, 1.165) is 43.8 Å². The van der Waals surface area contributed by atoms with E-state index in [1.54, 1.807) is 7.11 Å². The summed E-state index contributed by atoms with van der Waals surface area (Å²) in [6, 6.07) is 7.94. The minimum atomic E-state index is -1.91. The monoisotopic (exact) mass is 596 g/mol. The third-order valence-electron chi connectivity index (χ3n) is 9.42. The number of rotatable bonds is 19. The zero-order valence-corrected chi connectivity index (χ0v) is 30.3. The Morgan fingerprint density at radius 1 is 0.800 bits per heavy atom. The van der Waals surface area contributed by atoms with Crippen molar-refractivity contribution in [2.24, 2.45) is 11.8 Å². The van der Waals surface area contributed by atoms with Gasteiger partial charge in [0.05, 0.1) is 26.4 Å². The lowest BCUT2D eigenvalue weighted by Gasteiger charge is -2.42. The van der Waals surface area contributed by atoms with Crippen LogP contribution in [0.5, 0.6) is 5.75 Å². The van der Waals surface area contributed by atoms with E-state index >= 15 is 0 Å². The van der Waals surface area contributed by atoms with Gasteiger partial charge in [0, 0.05) is 19.1 Å². The van der Waals surface area contributed by atoms with Crippen molar-refractivity contribution in [2.45, 2.75) is 136 Å². The van der Waals surface area contributed by atoms with Crippen molar-refractivity contribution < 1.29 is 23.4 Å². The van der Waals surface area contributed by atoms with Gasteiger partial charge < -0.3 is 23.4 Å². The van der Waals surface area contributed by atoms with E-state index in [1.807, 2.05) is 24.3 Å². The van der Waals surface area contributed by atoms with Gasteiger partial charge in [-0.2, -0.15) is 0 Å². The van der Waals surface area contributed by atoms with Gasteiger partial charge in [0.15, 0.2) is 16.6 Å². The molecule has 40 heavy (non-hydrogen) atoms. The topological polar surface area (TPSA) is 57.2 Å². The Kier molecular flexibility index (Phi) is 15.7. The van der Waals surface area contributed by atoms with Gasteiger partial charge in [-0.25, -0.2) is 0 Å². The maximum Gasteiger partial charge on any atom is 0.200 e. The first-order valence-electron chi connectivity index (χ1n) is 15.6. The van der Waals surface area contributed by atoms with Gasteiger partial charge in [0.2, 0.25) is 0 Å². The van der Waals surface area contributed by atoms with Crippen LogP contribution in [0, 0.1) is 11.8 Å². The molecular formula is C33H64O5Si2. The molecule has 5 nitrogen and oxygen atoms in total. The molecule has 0 saturated heterocycles. The van der Waals surface area contributed by atoms with E-state index in [2.05, 4.69) is 82.3 Å². The SMILES string of the molecule is COc1ccc(COC[C@@H](C)[C@H](O)C[C@H](CCO[Si](C(C)C)(C(C)C)C(C)C)CCO[Si](C)(C)C(C)(C)C)cc1. The Bertz CT molecular complexity index is 795. The summed E-state index contributed by atoms with van der Waals surface area (Å²) in [5, 5.41) is 11.4. The summed E-state index contributed by atoms with van der Waals surface area (Å²) in [5.41, 5.74) is 2.82. The van der Waals surface area contributed by atoms with Crippen molar-refractivity contribution in [1.82, 2.24) is 0 Å². The third kappa shape index (κ3) is 11.2. The van der Waals surface area contributed by atoms with E-state index in [0.29, 0.717) is 35.8 Å². The fraction of sp³-hybridized carbons (Fsp3) is 0.818. The first-order chi connectivity index (χ1) is 18.5. The summed E-state index contributed by atoms with van der Waals surface area (Å²) >= 11 is 0. The summed E-state index contributed by atoms with van der Waals surface area (Å²) in [6.45, 7) is 30.2. The molecule has 1 N–H and O–H groups in total. The smallest absolute Gasteiger partial charge is 0.200 e. The Hall–Kier alpha value is -0.706. The van der Waals surface area contributed by atoms with Crippen LogP contribution in [0.3, 0.4) is 0 Å². The molecule has 1 aromatic carbocycles. The number of aliphatic hydroxyl groups excluding tert-OH is 1. The zero-order valence-electron chi connectivity index (χ0n) is 28.3. The molecule has 0 bridgehead atoms. The molecule has 0 unspecified atom stereocenters.